The van der Waals surface area contributed by atoms with E-state index in [-0.39, 0.29) is 0 Å². The summed E-state index contributed by atoms with van der Waals surface area (Å²) >= 11 is 0. The number of likely N-dealkylation sites (tertiary alicyclic amines) is 1. The number of aromatic nitrogens is 2. The molecule has 2 aliphatic rings. The third-order valence-corrected chi connectivity index (χ3v) is 4.95. The van der Waals surface area contributed by atoms with Gasteiger partial charge in [0, 0.05) is 37.6 Å². The van der Waals surface area contributed by atoms with Crippen LogP contribution in [0.5, 0.6) is 0 Å². The predicted octanol–water partition coefficient (Wildman–Crippen LogP) is 3.12. The summed E-state index contributed by atoms with van der Waals surface area (Å²) in [6.45, 7) is 11.4. The molecule has 1 unspecified atom stereocenters. The van der Waals surface area contributed by atoms with Crippen LogP contribution >= 0.6 is 0 Å². The number of nitrogens with zero attached hydrogens (tertiary/aromatic N) is 4. The van der Waals surface area contributed by atoms with Crippen molar-refractivity contribution < 1.29 is 23.1 Å². The zero-order chi connectivity index (χ0) is 20.2. The number of halogens is 3. The first kappa shape index (κ1) is 21.4. The van der Waals surface area contributed by atoms with Crippen LogP contribution in [0.25, 0.3) is 0 Å². The van der Waals surface area contributed by atoms with Gasteiger partial charge in [-0.1, -0.05) is 13.8 Å². The summed E-state index contributed by atoms with van der Waals surface area (Å²) in [6.07, 6.45) is 2.70. The molecule has 27 heavy (non-hydrogen) atoms. The van der Waals surface area contributed by atoms with Gasteiger partial charge in [-0.15, -0.1) is 0 Å². The Bertz CT molecular complexity index is 636. The first-order valence-electron chi connectivity index (χ1n) is 9.12. The van der Waals surface area contributed by atoms with E-state index in [0.29, 0.717) is 5.54 Å². The number of carboxylic acid groups (broad SMARTS) is 1. The van der Waals surface area contributed by atoms with Gasteiger partial charge in [0.2, 0.25) is 5.95 Å². The van der Waals surface area contributed by atoms with Crippen LogP contribution in [0.2, 0.25) is 0 Å². The van der Waals surface area contributed by atoms with Gasteiger partial charge in [0.1, 0.15) is 0 Å². The first-order chi connectivity index (χ1) is 12.5. The second-order valence-corrected chi connectivity index (χ2v) is 7.70. The molecule has 2 saturated heterocycles. The molecular formula is C18H27F3N4O2. The highest BCUT2D eigenvalue weighted by Gasteiger charge is 2.46. The van der Waals surface area contributed by atoms with Crippen LogP contribution in [-0.2, 0) is 4.79 Å². The predicted molar refractivity (Wildman–Crippen MR) is 95.7 cm³/mol. The Morgan fingerprint density at radius 3 is 2.37 bits per heavy atom. The zero-order valence-electron chi connectivity index (χ0n) is 16.0. The normalized spacial score (nSPS) is 23.0. The number of carbonyl (C=O) groups is 1. The third kappa shape index (κ3) is 5.54. The number of rotatable bonds is 3. The highest BCUT2D eigenvalue weighted by molar-refractivity contribution is 5.73. The van der Waals surface area contributed by atoms with Crippen LogP contribution in [0, 0.1) is 12.8 Å². The Hall–Kier alpha value is -1.90. The molecule has 2 fully saturated rings. The number of anilines is 1. The minimum Gasteiger partial charge on any atom is -0.475 e. The quantitative estimate of drug-likeness (QED) is 0.858. The molecule has 152 valence electrons. The Kier molecular flexibility index (Phi) is 6.67. The molecule has 0 aliphatic carbocycles. The van der Waals surface area contributed by atoms with Crippen molar-refractivity contribution in [2.75, 3.05) is 31.1 Å². The molecule has 0 aromatic carbocycles. The van der Waals surface area contributed by atoms with Crippen LogP contribution in [0.4, 0.5) is 19.1 Å². The van der Waals surface area contributed by atoms with Gasteiger partial charge in [0.15, 0.2) is 0 Å². The van der Waals surface area contributed by atoms with E-state index >= 15 is 0 Å². The lowest BCUT2D eigenvalue weighted by Gasteiger charge is -2.36. The van der Waals surface area contributed by atoms with Crippen molar-refractivity contribution >= 4 is 11.9 Å². The second-order valence-electron chi connectivity index (χ2n) is 7.70. The Morgan fingerprint density at radius 2 is 1.85 bits per heavy atom. The molecule has 1 atom stereocenters. The highest BCUT2D eigenvalue weighted by Crippen LogP contribution is 2.38. The molecule has 9 heteroatoms. The average molecular weight is 388 g/mol. The fourth-order valence-corrected chi connectivity index (χ4v) is 3.76. The molecule has 0 bridgehead atoms. The van der Waals surface area contributed by atoms with Crippen LogP contribution in [0.15, 0.2) is 12.4 Å². The number of aliphatic carboxylic acids is 1. The lowest BCUT2D eigenvalue weighted by molar-refractivity contribution is -0.192. The molecule has 3 heterocycles. The van der Waals surface area contributed by atoms with Gasteiger partial charge < -0.3 is 10.0 Å². The number of hydrogen-bond donors (Lipinski definition) is 1. The largest absolute Gasteiger partial charge is 0.490 e. The van der Waals surface area contributed by atoms with Gasteiger partial charge in [0.05, 0.1) is 0 Å². The van der Waals surface area contributed by atoms with Crippen LogP contribution in [0.1, 0.15) is 38.7 Å². The monoisotopic (exact) mass is 388 g/mol. The van der Waals surface area contributed by atoms with E-state index in [1.54, 1.807) is 0 Å². The average Bonchev–Trinajstić information content (AvgIpc) is 3.16. The van der Waals surface area contributed by atoms with Crippen molar-refractivity contribution in [1.29, 1.82) is 0 Å². The van der Waals surface area contributed by atoms with Gasteiger partial charge in [-0.05, 0) is 44.2 Å². The van der Waals surface area contributed by atoms with Gasteiger partial charge >= 0.3 is 12.1 Å². The molecule has 1 aromatic heterocycles. The maximum absolute atomic E-state index is 10.6. The van der Waals surface area contributed by atoms with E-state index < -0.39 is 12.1 Å². The van der Waals surface area contributed by atoms with Crippen molar-refractivity contribution in [2.24, 2.45) is 5.92 Å². The summed E-state index contributed by atoms with van der Waals surface area (Å²) in [7, 11) is 0. The SMILES string of the molecule is Cc1cnc(N2CCC3(CCCN3CC(C)C)C2)nc1.O=C(O)C(F)(F)F. The number of carboxylic acids is 1. The molecule has 2 aliphatic heterocycles. The fourth-order valence-electron chi connectivity index (χ4n) is 3.76. The maximum atomic E-state index is 10.6. The number of alkyl halides is 3. The summed E-state index contributed by atoms with van der Waals surface area (Å²) < 4.78 is 31.7. The summed E-state index contributed by atoms with van der Waals surface area (Å²) in [5.74, 6) is -1.11. The van der Waals surface area contributed by atoms with Crippen molar-refractivity contribution in [2.45, 2.75) is 51.7 Å². The van der Waals surface area contributed by atoms with E-state index in [1.165, 1.54) is 32.4 Å². The highest BCUT2D eigenvalue weighted by atomic mass is 19.4. The van der Waals surface area contributed by atoms with E-state index in [4.69, 9.17) is 9.90 Å². The van der Waals surface area contributed by atoms with E-state index in [0.717, 1.165) is 30.5 Å². The number of aryl methyl sites for hydroxylation is 1. The van der Waals surface area contributed by atoms with E-state index in [1.807, 2.05) is 19.3 Å². The smallest absolute Gasteiger partial charge is 0.475 e. The van der Waals surface area contributed by atoms with Crippen LogP contribution < -0.4 is 4.90 Å². The topological polar surface area (TPSA) is 69.6 Å². The molecule has 0 amide bonds. The summed E-state index contributed by atoms with van der Waals surface area (Å²) in [5.41, 5.74) is 1.52. The molecule has 1 aromatic rings. The molecule has 1 spiro atoms. The molecule has 3 rings (SSSR count). The molecule has 0 radical (unpaired) electrons. The van der Waals surface area contributed by atoms with Gasteiger partial charge in [-0.2, -0.15) is 13.2 Å². The van der Waals surface area contributed by atoms with Crippen molar-refractivity contribution in [3.05, 3.63) is 18.0 Å². The standard InChI is InChI=1S/C16H26N4.C2HF3O2/c1-13(2)11-20-7-4-5-16(20)6-8-19(12-16)15-17-9-14(3)10-18-15;3-2(4,5)1(6)7/h9-10,13H,4-8,11-12H2,1-3H3;(H,6,7). The van der Waals surface area contributed by atoms with Crippen molar-refractivity contribution in [3.63, 3.8) is 0 Å². The van der Waals surface area contributed by atoms with Gasteiger partial charge in [0.25, 0.3) is 0 Å². The van der Waals surface area contributed by atoms with Crippen molar-refractivity contribution in [1.82, 2.24) is 14.9 Å². The third-order valence-electron chi connectivity index (χ3n) is 4.95. The molecular weight excluding hydrogens is 361 g/mol. The van der Waals surface area contributed by atoms with E-state index in [2.05, 4.69) is 33.6 Å². The fraction of sp³-hybridized carbons (Fsp3) is 0.722. The summed E-state index contributed by atoms with van der Waals surface area (Å²) in [6, 6.07) is 0. The lowest BCUT2D eigenvalue weighted by atomic mass is 9.94. The second kappa shape index (κ2) is 8.41. The Morgan fingerprint density at radius 1 is 1.26 bits per heavy atom. The molecule has 0 saturated carbocycles. The minimum atomic E-state index is -5.08. The molecule has 1 N–H and O–H groups in total. The zero-order valence-corrected chi connectivity index (χ0v) is 16.0. The Balaban J connectivity index is 0.000000321. The van der Waals surface area contributed by atoms with Gasteiger partial charge in [-0.25, -0.2) is 14.8 Å². The lowest BCUT2D eigenvalue weighted by Crippen LogP contribution is -2.47. The summed E-state index contributed by atoms with van der Waals surface area (Å²) in [4.78, 5) is 23.0. The number of hydrogen-bond acceptors (Lipinski definition) is 5. The van der Waals surface area contributed by atoms with E-state index in [9.17, 15) is 13.2 Å². The summed E-state index contributed by atoms with van der Waals surface area (Å²) in [5, 5.41) is 7.12. The van der Waals surface area contributed by atoms with Crippen LogP contribution in [-0.4, -0.2) is 63.8 Å². The van der Waals surface area contributed by atoms with Crippen molar-refractivity contribution in [3.8, 4) is 0 Å². The first-order valence-corrected chi connectivity index (χ1v) is 9.12. The maximum Gasteiger partial charge on any atom is 0.490 e. The minimum absolute atomic E-state index is 0.387. The van der Waals surface area contributed by atoms with Gasteiger partial charge in [-0.3, -0.25) is 4.90 Å². The molecule has 6 nitrogen and oxygen atoms in total. The van der Waals surface area contributed by atoms with Crippen LogP contribution in [0.3, 0.4) is 0 Å². The Labute approximate surface area is 157 Å².